The van der Waals surface area contributed by atoms with E-state index in [1.54, 1.807) is 0 Å². The van der Waals surface area contributed by atoms with Gasteiger partial charge in [0.2, 0.25) is 0 Å². The third-order valence-electron chi connectivity index (χ3n) is 3.91. The molecule has 3 heteroatoms. The molecular weight excluding hydrogens is 282 g/mol. The lowest BCUT2D eigenvalue weighted by atomic mass is 9.83. The number of hydrogen-bond acceptors (Lipinski definition) is 1. The van der Waals surface area contributed by atoms with E-state index in [9.17, 15) is 0 Å². The van der Waals surface area contributed by atoms with Gasteiger partial charge in [0.05, 0.1) is 6.04 Å². The van der Waals surface area contributed by atoms with Gasteiger partial charge in [0.15, 0.2) is 0 Å². The summed E-state index contributed by atoms with van der Waals surface area (Å²) in [5.74, 6) is 2.06. The molecule has 1 atom stereocenters. The molecule has 2 nitrogen and oxygen atoms in total. The first-order valence-electron chi connectivity index (χ1n) is 7.51. The Balaban J connectivity index is 1.89. The van der Waals surface area contributed by atoms with Crippen LogP contribution in [0.25, 0.3) is 0 Å². The average molecular weight is 307 g/mol. The van der Waals surface area contributed by atoms with E-state index < -0.39 is 0 Å². The van der Waals surface area contributed by atoms with Crippen LogP contribution in [0.4, 0.5) is 0 Å². The fourth-order valence-corrected chi connectivity index (χ4v) is 2.87. The van der Waals surface area contributed by atoms with Crippen LogP contribution in [0.5, 0.6) is 0 Å². The van der Waals surface area contributed by atoms with Crippen LogP contribution >= 0.6 is 11.6 Å². The molecule has 0 amide bonds. The maximum atomic E-state index is 5.91. The number of nitrogens with two attached hydrogens (primary N) is 1. The summed E-state index contributed by atoms with van der Waals surface area (Å²) in [6.07, 6.45) is 1.08. The van der Waals surface area contributed by atoms with E-state index in [0.29, 0.717) is 6.04 Å². The molecule has 0 fully saturated rings. The van der Waals surface area contributed by atoms with Crippen molar-refractivity contribution in [3.63, 3.8) is 0 Å². The molecule has 2 rings (SSSR count). The molecule has 0 aliphatic rings. The number of rotatable bonds is 6. The zero-order valence-corrected chi connectivity index (χ0v) is 14.1. The van der Waals surface area contributed by atoms with Gasteiger partial charge in [0, 0.05) is 22.4 Å². The second-order valence-corrected chi connectivity index (χ2v) is 6.98. The molecule has 0 saturated heterocycles. The van der Waals surface area contributed by atoms with Crippen molar-refractivity contribution in [2.45, 2.75) is 52.1 Å². The summed E-state index contributed by atoms with van der Waals surface area (Å²) in [6.45, 7) is 9.74. The summed E-state index contributed by atoms with van der Waals surface area (Å²) in [5.41, 5.74) is 1.36. The Kier molecular flexibility index (Phi) is 5.13. The van der Waals surface area contributed by atoms with Gasteiger partial charge < -0.3 is 9.73 Å². The predicted octanol–water partition coefficient (Wildman–Crippen LogP) is 4.06. The highest BCUT2D eigenvalue weighted by Gasteiger charge is 2.27. The van der Waals surface area contributed by atoms with Crippen LogP contribution in [0, 0.1) is 6.92 Å². The lowest BCUT2D eigenvalue weighted by Gasteiger charge is -2.25. The first-order valence-corrected chi connectivity index (χ1v) is 7.89. The maximum Gasteiger partial charge on any atom is 0.109 e. The van der Waals surface area contributed by atoms with Crippen molar-refractivity contribution in [3.05, 3.63) is 58.5 Å². The monoisotopic (exact) mass is 306 g/mol. The SMILES string of the molecule is Cc1ccc(C(C)(C)C[C@H](C)[NH2+]Cc2ccc(Cl)cc2)o1. The van der Waals surface area contributed by atoms with Crippen LogP contribution in [0.1, 0.15) is 44.3 Å². The molecule has 0 unspecified atom stereocenters. The van der Waals surface area contributed by atoms with Gasteiger partial charge in [0.25, 0.3) is 0 Å². The molecule has 114 valence electrons. The molecular formula is C18H25ClNO+. The minimum absolute atomic E-state index is 0.0597. The highest BCUT2D eigenvalue weighted by atomic mass is 35.5. The number of quaternary nitrogens is 1. The smallest absolute Gasteiger partial charge is 0.109 e. The van der Waals surface area contributed by atoms with Crippen LogP contribution in [0.15, 0.2) is 40.8 Å². The Hall–Kier alpha value is -1.25. The minimum Gasteiger partial charge on any atom is -0.466 e. The summed E-state index contributed by atoms with van der Waals surface area (Å²) < 4.78 is 5.80. The summed E-state index contributed by atoms with van der Waals surface area (Å²) in [6, 6.07) is 12.7. The largest absolute Gasteiger partial charge is 0.466 e. The van der Waals surface area contributed by atoms with Gasteiger partial charge >= 0.3 is 0 Å². The molecule has 0 bridgehead atoms. The third kappa shape index (κ3) is 4.62. The first-order chi connectivity index (χ1) is 9.87. The van der Waals surface area contributed by atoms with Gasteiger partial charge in [-0.05, 0) is 38.1 Å². The number of benzene rings is 1. The molecule has 0 saturated carbocycles. The summed E-state index contributed by atoms with van der Waals surface area (Å²) in [4.78, 5) is 0. The number of hydrogen-bond donors (Lipinski definition) is 1. The standard InChI is InChI=1S/C18H24ClNO/c1-13(20-12-15-6-8-16(19)9-7-15)11-18(3,4)17-10-5-14(2)21-17/h5-10,13,20H,11-12H2,1-4H3/p+1/t13-/m0/s1. The fourth-order valence-electron chi connectivity index (χ4n) is 2.74. The van der Waals surface area contributed by atoms with Crippen molar-refractivity contribution in [1.82, 2.24) is 0 Å². The lowest BCUT2D eigenvalue weighted by Crippen LogP contribution is -2.88. The molecule has 0 aliphatic heterocycles. The van der Waals surface area contributed by atoms with Crippen LogP contribution in [-0.2, 0) is 12.0 Å². The number of halogens is 1. The van der Waals surface area contributed by atoms with E-state index in [4.69, 9.17) is 16.0 Å². The molecule has 1 aromatic heterocycles. The van der Waals surface area contributed by atoms with Crippen LogP contribution in [0.2, 0.25) is 5.02 Å². The fraction of sp³-hybridized carbons (Fsp3) is 0.444. The molecule has 0 spiro atoms. The van der Waals surface area contributed by atoms with Gasteiger partial charge in [-0.3, -0.25) is 0 Å². The summed E-state index contributed by atoms with van der Waals surface area (Å²) in [7, 11) is 0. The number of aryl methyl sites for hydroxylation is 1. The summed E-state index contributed by atoms with van der Waals surface area (Å²) in [5, 5.41) is 3.17. The molecule has 21 heavy (non-hydrogen) atoms. The van der Waals surface area contributed by atoms with Crippen LogP contribution in [0.3, 0.4) is 0 Å². The Morgan fingerprint density at radius 3 is 2.38 bits per heavy atom. The Morgan fingerprint density at radius 2 is 1.81 bits per heavy atom. The van der Waals surface area contributed by atoms with Crippen molar-refractivity contribution in [1.29, 1.82) is 0 Å². The zero-order chi connectivity index (χ0) is 15.5. The Bertz CT molecular complexity index is 571. The van der Waals surface area contributed by atoms with E-state index in [1.165, 1.54) is 5.56 Å². The normalized spacial score (nSPS) is 13.4. The van der Waals surface area contributed by atoms with E-state index in [2.05, 4.69) is 44.3 Å². The predicted molar refractivity (Wildman–Crippen MR) is 87.6 cm³/mol. The highest BCUT2D eigenvalue weighted by molar-refractivity contribution is 6.30. The first kappa shape index (κ1) is 16.1. The average Bonchev–Trinajstić information content (AvgIpc) is 2.85. The van der Waals surface area contributed by atoms with Gasteiger partial charge in [0.1, 0.15) is 18.1 Å². The lowest BCUT2D eigenvalue weighted by molar-refractivity contribution is -0.702. The van der Waals surface area contributed by atoms with Gasteiger partial charge in [-0.2, -0.15) is 0 Å². The van der Waals surface area contributed by atoms with E-state index in [1.807, 2.05) is 25.1 Å². The quantitative estimate of drug-likeness (QED) is 0.857. The minimum atomic E-state index is 0.0597. The molecule has 0 aliphatic carbocycles. The van der Waals surface area contributed by atoms with Gasteiger partial charge in [-0.25, -0.2) is 0 Å². The molecule has 1 aromatic carbocycles. The van der Waals surface area contributed by atoms with E-state index >= 15 is 0 Å². The van der Waals surface area contributed by atoms with Crippen molar-refractivity contribution in [2.24, 2.45) is 0 Å². The maximum absolute atomic E-state index is 5.91. The van der Waals surface area contributed by atoms with E-state index in [0.717, 1.165) is 29.5 Å². The molecule has 2 N–H and O–H groups in total. The zero-order valence-electron chi connectivity index (χ0n) is 13.3. The van der Waals surface area contributed by atoms with Crippen molar-refractivity contribution >= 4 is 11.6 Å². The third-order valence-corrected chi connectivity index (χ3v) is 4.16. The second kappa shape index (κ2) is 6.67. The molecule has 1 heterocycles. The second-order valence-electron chi connectivity index (χ2n) is 6.54. The molecule has 2 aromatic rings. The van der Waals surface area contributed by atoms with Crippen LogP contribution in [-0.4, -0.2) is 6.04 Å². The Morgan fingerprint density at radius 1 is 1.14 bits per heavy atom. The topological polar surface area (TPSA) is 29.8 Å². The van der Waals surface area contributed by atoms with Crippen LogP contribution < -0.4 is 5.32 Å². The van der Waals surface area contributed by atoms with E-state index in [-0.39, 0.29) is 5.41 Å². The summed E-state index contributed by atoms with van der Waals surface area (Å²) >= 11 is 5.91. The van der Waals surface area contributed by atoms with Crippen molar-refractivity contribution in [3.8, 4) is 0 Å². The van der Waals surface area contributed by atoms with Crippen molar-refractivity contribution < 1.29 is 9.73 Å². The van der Waals surface area contributed by atoms with Crippen molar-refractivity contribution in [2.75, 3.05) is 0 Å². The van der Waals surface area contributed by atoms with Gasteiger partial charge in [-0.1, -0.05) is 37.6 Å². The number of furan rings is 1. The molecule has 0 radical (unpaired) electrons. The highest BCUT2D eigenvalue weighted by Crippen LogP contribution is 2.29. The Labute approximate surface area is 132 Å². The van der Waals surface area contributed by atoms with Gasteiger partial charge in [-0.15, -0.1) is 0 Å².